The van der Waals surface area contributed by atoms with Gasteiger partial charge in [0, 0.05) is 25.3 Å². The van der Waals surface area contributed by atoms with E-state index in [1.165, 1.54) is 17.2 Å². The molecule has 0 amide bonds. The molecule has 0 unspecified atom stereocenters. The lowest BCUT2D eigenvalue weighted by molar-refractivity contribution is 0.623. The Kier molecular flexibility index (Phi) is 3.22. The number of halogens is 1. The molecule has 0 saturated heterocycles. The molecule has 2 aromatic rings. The summed E-state index contributed by atoms with van der Waals surface area (Å²) in [6.45, 7) is 2.48. The molecule has 0 bridgehead atoms. The molecule has 1 N–H and O–H groups in total. The van der Waals surface area contributed by atoms with E-state index in [4.69, 9.17) is 0 Å². The third kappa shape index (κ3) is 2.34. The van der Waals surface area contributed by atoms with Crippen LogP contribution in [-0.4, -0.2) is 7.05 Å². The summed E-state index contributed by atoms with van der Waals surface area (Å²) in [5, 5.41) is 3.10. The standard InChI is InChI=1S/C16H17FN2/c1-18-9-14-8-15(17)6-7-16(14)19-10-12-4-2-3-5-13(12)11-19/h2-8,18H,9-11H2,1H3. The molecule has 2 nitrogen and oxygen atoms in total. The van der Waals surface area contributed by atoms with Crippen LogP contribution in [0, 0.1) is 5.82 Å². The molecule has 0 atom stereocenters. The first-order valence-corrected chi connectivity index (χ1v) is 6.52. The highest BCUT2D eigenvalue weighted by Crippen LogP contribution is 2.30. The summed E-state index contributed by atoms with van der Waals surface area (Å²) in [6.07, 6.45) is 0. The molecule has 1 aliphatic heterocycles. The Labute approximate surface area is 112 Å². The first-order valence-electron chi connectivity index (χ1n) is 6.52. The number of anilines is 1. The van der Waals surface area contributed by atoms with Crippen molar-refractivity contribution in [1.29, 1.82) is 0 Å². The Hall–Kier alpha value is -1.87. The Balaban J connectivity index is 1.92. The minimum Gasteiger partial charge on any atom is -0.363 e. The van der Waals surface area contributed by atoms with Crippen LogP contribution in [0.15, 0.2) is 42.5 Å². The Morgan fingerprint density at radius 2 is 1.79 bits per heavy atom. The fourth-order valence-corrected chi connectivity index (χ4v) is 2.70. The van der Waals surface area contributed by atoms with Gasteiger partial charge in [0.15, 0.2) is 0 Å². The van der Waals surface area contributed by atoms with Gasteiger partial charge in [-0.3, -0.25) is 0 Å². The predicted octanol–water partition coefficient (Wildman–Crippen LogP) is 3.07. The lowest BCUT2D eigenvalue weighted by Crippen LogP contribution is -2.18. The monoisotopic (exact) mass is 256 g/mol. The molecule has 1 aliphatic rings. The molecule has 19 heavy (non-hydrogen) atoms. The van der Waals surface area contributed by atoms with Crippen molar-refractivity contribution in [3.63, 3.8) is 0 Å². The number of benzene rings is 2. The van der Waals surface area contributed by atoms with E-state index in [1.54, 1.807) is 6.07 Å². The van der Waals surface area contributed by atoms with E-state index in [-0.39, 0.29) is 5.82 Å². The van der Waals surface area contributed by atoms with Gasteiger partial charge in [0.1, 0.15) is 5.82 Å². The molecule has 0 saturated carbocycles. The highest BCUT2D eigenvalue weighted by molar-refractivity contribution is 5.57. The molecule has 3 heteroatoms. The maximum absolute atomic E-state index is 13.4. The third-order valence-corrected chi connectivity index (χ3v) is 3.59. The van der Waals surface area contributed by atoms with Crippen LogP contribution in [0.2, 0.25) is 0 Å². The Morgan fingerprint density at radius 3 is 2.42 bits per heavy atom. The predicted molar refractivity (Wildman–Crippen MR) is 75.5 cm³/mol. The zero-order chi connectivity index (χ0) is 13.2. The molecular weight excluding hydrogens is 239 g/mol. The third-order valence-electron chi connectivity index (χ3n) is 3.59. The molecule has 3 rings (SSSR count). The zero-order valence-corrected chi connectivity index (χ0v) is 11.0. The maximum atomic E-state index is 13.4. The van der Waals surface area contributed by atoms with Crippen molar-refractivity contribution in [3.8, 4) is 0 Å². The van der Waals surface area contributed by atoms with Crippen molar-refractivity contribution in [2.24, 2.45) is 0 Å². The summed E-state index contributed by atoms with van der Waals surface area (Å²) < 4.78 is 13.4. The van der Waals surface area contributed by atoms with Crippen LogP contribution < -0.4 is 10.2 Å². The van der Waals surface area contributed by atoms with E-state index in [9.17, 15) is 4.39 Å². The number of nitrogens with one attached hydrogen (secondary N) is 1. The number of nitrogens with zero attached hydrogens (tertiary/aromatic N) is 1. The molecule has 0 aliphatic carbocycles. The van der Waals surface area contributed by atoms with Gasteiger partial charge in [-0.25, -0.2) is 4.39 Å². The van der Waals surface area contributed by atoms with Gasteiger partial charge in [0.2, 0.25) is 0 Å². The van der Waals surface area contributed by atoms with E-state index in [0.717, 1.165) is 24.3 Å². The van der Waals surface area contributed by atoms with Gasteiger partial charge in [0.05, 0.1) is 0 Å². The molecule has 2 aromatic carbocycles. The van der Waals surface area contributed by atoms with Crippen LogP contribution >= 0.6 is 0 Å². The molecular formula is C16H17FN2. The summed E-state index contributed by atoms with van der Waals surface area (Å²) in [5.41, 5.74) is 4.85. The summed E-state index contributed by atoms with van der Waals surface area (Å²) in [6, 6.07) is 13.5. The fraction of sp³-hybridized carbons (Fsp3) is 0.250. The first-order chi connectivity index (χ1) is 9.28. The minimum atomic E-state index is -0.175. The summed E-state index contributed by atoms with van der Waals surface area (Å²) in [4.78, 5) is 2.30. The Bertz CT molecular complexity index is 570. The van der Waals surface area contributed by atoms with Crippen LogP contribution in [-0.2, 0) is 19.6 Å². The average Bonchev–Trinajstić information content (AvgIpc) is 2.82. The molecule has 98 valence electrons. The smallest absolute Gasteiger partial charge is 0.123 e. The topological polar surface area (TPSA) is 15.3 Å². The fourth-order valence-electron chi connectivity index (χ4n) is 2.70. The van der Waals surface area contributed by atoms with Gasteiger partial charge < -0.3 is 10.2 Å². The van der Waals surface area contributed by atoms with Gasteiger partial charge in [-0.05, 0) is 41.9 Å². The second kappa shape index (κ2) is 5.02. The van der Waals surface area contributed by atoms with Gasteiger partial charge >= 0.3 is 0 Å². The largest absolute Gasteiger partial charge is 0.363 e. The molecule has 0 aromatic heterocycles. The van der Waals surface area contributed by atoms with E-state index in [2.05, 4.69) is 34.5 Å². The second-order valence-electron chi connectivity index (χ2n) is 4.93. The number of hydrogen-bond acceptors (Lipinski definition) is 2. The van der Waals surface area contributed by atoms with Gasteiger partial charge in [0.25, 0.3) is 0 Å². The second-order valence-corrected chi connectivity index (χ2v) is 4.93. The van der Waals surface area contributed by atoms with Crippen LogP contribution in [0.1, 0.15) is 16.7 Å². The van der Waals surface area contributed by atoms with Gasteiger partial charge in [-0.2, -0.15) is 0 Å². The van der Waals surface area contributed by atoms with Gasteiger partial charge in [-0.15, -0.1) is 0 Å². The van der Waals surface area contributed by atoms with Crippen molar-refractivity contribution >= 4 is 5.69 Å². The molecule has 0 radical (unpaired) electrons. The van der Waals surface area contributed by atoms with Crippen LogP contribution in [0.5, 0.6) is 0 Å². The van der Waals surface area contributed by atoms with Crippen LogP contribution in [0.3, 0.4) is 0 Å². The normalized spacial score (nSPS) is 13.7. The number of fused-ring (bicyclic) bond motifs is 1. The van der Waals surface area contributed by atoms with Crippen molar-refractivity contribution in [3.05, 3.63) is 65.0 Å². The van der Waals surface area contributed by atoms with Crippen molar-refractivity contribution in [2.45, 2.75) is 19.6 Å². The number of hydrogen-bond donors (Lipinski definition) is 1. The summed E-state index contributed by atoms with van der Waals surface area (Å²) in [7, 11) is 1.88. The van der Waals surface area contributed by atoms with E-state index in [0.29, 0.717) is 6.54 Å². The lowest BCUT2D eigenvalue weighted by Gasteiger charge is -2.21. The quantitative estimate of drug-likeness (QED) is 0.908. The van der Waals surface area contributed by atoms with Crippen LogP contribution in [0.4, 0.5) is 10.1 Å². The van der Waals surface area contributed by atoms with Gasteiger partial charge in [-0.1, -0.05) is 24.3 Å². The highest BCUT2D eigenvalue weighted by Gasteiger charge is 2.20. The highest BCUT2D eigenvalue weighted by atomic mass is 19.1. The maximum Gasteiger partial charge on any atom is 0.123 e. The molecule has 0 fully saturated rings. The molecule has 0 spiro atoms. The average molecular weight is 256 g/mol. The minimum absolute atomic E-state index is 0.175. The van der Waals surface area contributed by atoms with Crippen LogP contribution in [0.25, 0.3) is 0 Å². The Morgan fingerprint density at radius 1 is 1.11 bits per heavy atom. The lowest BCUT2D eigenvalue weighted by atomic mass is 10.1. The first kappa shape index (κ1) is 12.2. The van der Waals surface area contributed by atoms with Crippen molar-refractivity contribution < 1.29 is 4.39 Å². The van der Waals surface area contributed by atoms with E-state index >= 15 is 0 Å². The number of rotatable bonds is 3. The van der Waals surface area contributed by atoms with E-state index < -0.39 is 0 Å². The van der Waals surface area contributed by atoms with Crippen molar-refractivity contribution in [2.75, 3.05) is 11.9 Å². The SMILES string of the molecule is CNCc1cc(F)ccc1N1Cc2ccccc2C1. The molecule has 1 heterocycles. The summed E-state index contributed by atoms with van der Waals surface area (Å²) >= 11 is 0. The zero-order valence-electron chi connectivity index (χ0n) is 11.0. The van der Waals surface area contributed by atoms with Crippen molar-refractivity contribution in [1.82, 2.24) is 5.32 Å². The summed E-state index contributed by atoms with van der Waals surface area (Å²) in [5.74, 6) is -0.175. The van der Waals surface area contributed by atoms with E-state index in [1.807, 2.05) is 13.1 Å².